The molecule has 0 saturated carbocycles. The van der Waals surface area contributed by atoms with Crippen LogP contribution < -0.4 is 5.32 Å². The maximum absolute atomic E-state index is 14.2. The Morgan fingerprint density at radius 2 is 2.14 bits per heavy atom. The summed E-state index contributed by atoms with van der Waals surface area (Å²) in [5.74, 6) is 1.03. The average molecular weight is 312 g/mol. The Morgan fingerprint density at radius 3 is 2.81 bits per heavy atom. The Labute approximate surface area is 129 Å². The van der Waals surface area contributed by atoms with Crippen LogP contribution in [0.2, 0.25) is 5.02 Å². The van der Waals surface area contributed by atoms with Crippen molar-refractivity contribution >= 4 is 11.6 Å². The lowest BCUT2D eigenvalue weighted by Gasteiger charge is -2.17. The van der Waals surface area contributed by atoms with E-state index >= 15 is 0 Å². The molecular formula is C16H19ClFNO2. The molecular weight excluding hydrogens is 293 g/mol. The molecule has 1 atom stereocenters. The first-order valence-corrected chi connectivity index (χ1v) is 7.29. The summed E-state index contributed by atoms with van der Waals surface area (Å²) >= 11 is 5.82. The summed E-state index contributed by atoms with van der Waals surface area (Å²) in [6.45, 7) is 3.21. The van der Waals surface area contributed by atoms with Gasteiger partial charge in [-0.05, 0) is 37.2 Å². The monoisotopic (exact) mass is 311 g/mol. The van der Waals surface area contributed by atoms with Gasteiger partial charge in [0.15, 0.2) is 0 Å². The third kappa shape index (κ3) is 4.06. The summed E-state index contributed by atoms with van der Waals surface area (Å²) in [5, 5.41) is 3.68. The van der Waals surface area contributed by atoms with Gasteiger partial charge in [0.2, 0.25) is 0 Å². The predicted octanol–water partition coefficient (Wildman–Crippen LogP) is 4.31. The van der Waals surface area contributed by atoms with Crippen LogP contribution in [0.3, 0.4) is 0 Å². The van der Waals surface area contributed by atoms with Crippen LogP contribution in [0.4, 0.5) is 4.39 Å². The summed E-state index contributed by atoms with van der Waals surface area (Å²) in [4.78, 5) is 0. The minimum Gasteiger partial charge on any atom is -0.462 e. The third-order valence-electron chi connectivity index (χ3n) is 3.13. The Kier molecular flexibility index (Phi) is 5.79. The fourth-order valence-electron chi connectivity index (χ4n) is 2.16. The van der Waals surface area contributed by atoms with Crippen LogP contribution in [0, 0.1) is 5.82 Å². The minimum atomic E-state index is -0.346. The molecule has 0 amide bonds. The van der Waals surface area contributed by atoms with Gasteiger partial charge >= 0.3 is 0 Å². The van der Waals surface area contributed by atoms with Gasteiger partial charge < -0.3 is 14.5 Å². The Morgan fingerprint density at radius 1 is 1.33 bits per heavy atom. The molecule has 0 aliphatic rings. The van der Waals surface area contributed by atoms with E-state index in [9.17, 15) is 4.39 Å². The molecule has 114 valence electrons. The number of rotatable bonds is 7. The summed E-state index contributed by atoms with van der Waals surface area (Å²) in [7, 11) is 1.61. The number of hydrogen-bond donors (Lipinski definition) is 1. The molecule has 3 nitrogen and oxygen atoms in total. The van der Waals surface area contributed by atoms with Crippen molar-refractivity contribution < 1.29 is 13.5 Å². The van der Waals surface area contributed by atoms with Gasteiger partial charge in [-0.1, -0.05) is 24.6 Å². The van der Waals surface area contributed by atoms with Crippen LogP contribution in [-0.2, 0) is 11.3 Å². The quantitative estimate of drug-likeness (QED) is 0.827. The van der Waals surface area contributed by atoms with Gasteiger partial charge in [0.1, 0.15) is 23.9 Å². The second kappa shape index (κ2) is 7.59. The van der Waals surface area contributed by atoms with Crippen molar-refractivity contribution in [2.24, 2.45) is 0 Å². The lowest BCUT2D eigenvalue weighted by molar-refractivity contribution is 0.162. The fourth-order valence-corrected chi connectivity index (χ4v) is 2.32. The molecule has 0 fully saturated rings. The van der Waals surface area contributed by atoms with E-state index in [1.165, 1.54) is 6.07 Å². The fraction of sp³-hybridized carbons (Fsp3) is 0.375. The molecule has 1 N–H and O–H groups in total. The molecule has 21 heavy (non-hydrogen) atoms. The Balaban J connectivity index is 2.32. The zero-order chi connectivity index (χ0) is 15.2. The van der Waals surface area contributed by atoms with Crippen molar-refractivity contribution in [3.63, 3.8) is 0 Å². The van der Waals surface area contributed by atoms with E-state index in [0.717, 1.165) is 13.0 Å². The van der Waals surface area contributed by atoms with Gasteiger partial charge in [0.25, 0.3) is 0 Å². The lowest BCUT2D eigenvalue weighted by atomic mass is 10.0. The highest BCUT2D eigenvalue weighted by molar-refractivity contribution is 6.30. The largest absolute Gasteiger partial charge is 0.462 e. The van der Waals surface area contributed by atoms with Crippen molar-refractivity contribution in [1.29, 1.82) is 0 Å². The van der Waals surface area contributed by atoms with Gasteiger partial charge in [0.05, 0.1) is 6.04 Å². The molecule has 5 heteroatoms. The molecule has 0 spiro atoms. The molecule has 2 aromatic rings. The van der Waals surface area contributed by atoms with Crippen LogP contribution in [0.1, 0.15) is 36.5 Å². The zero-order valence-corrected chi connectivity index (χ0v) is 12.9. The summed E-state index contributed by atoms with van der Waals surface area (Å²) in [5.41, 5.74) is 0.520. The van der Waals surface area contributed by atoms with Crippen molar-refractivity contribution in [3.8, 4) is 0 Å². The van der Waals surface area contributed by atoms with Gasteiger partial charge in [0, 0.05) is 17.7 Å². The first-order valence-electron chi connectivity index (χ1n) is 6.91. The van der Waals surface area contributed by atoms with E-state index in [2.05, 4.69) is 12.2 Å². The molecule has 1 aromatic heterocycles. The second-order valence-electron chi connectivity index (χ2n) is 4.79. The van der Waals surface area contributed by atoms with Crippen LogP contribution in [0.25, 0.3) is 0 Å². The highest BCUT2D eigenvalue weighted by atomic mass is 35.5. The molecule has 0 radical (unpaired) electrons. The topological polar surface area (TPSA) is 34.4 Å². The summed E-state index contributed by atoms with van der Waals surface area (Å²) in [6.07, 6.45) is 0.942. The van der Waals surface area contributed by atoms with E-state index in [1.54, 1.807) is 19.2 Å². The number of ether oxygens (including phenoxy) is 1. The molecule has 0 aliphatic carbocycles. The average Bonchev–Trinajstić information content (AvgIpc) is 2.90. The van der Waals surface area contributed by atoms with Crippen molar-refractivity contribution in [2.45, 2.75) is 26.0 Å². The van der Waals surface area contributed by atoms with Gasteiger partial charge in [-0.2, -0.15) is 0 Å². The number of hydrogen-bond acceptors (Lipinski definition) is 3. The smallest absolute Gasteiger partial charge is 0.129 e. The van der Waals surface area contributed by atoms with E-state index in [1.807, 2.05) is 12.1 Å². The summed E-state index contributed by atoms with van der Waals surface area (Å²) in [6, 6.07) is 8.02. The molecule has 0 saturated heterocycles. The lowest BCUT2D eigenvalue weighted by Crippen LogP contribution is -2.23. The number of halogens is 2. The van der Waals surface area contributed by atoms with Gasteiger partial charge in [-0.15, -0.1) is 0 Å². The maximum atomic E-state index is 14.2. The highest BCUT2D eigenvalue weighted by Crippen LogP contribution is 2.28. The Bertz CT molecular complexity index is 585. The molecule has 0 aliphatic heterocycles. The zero-order valence-electron chi connectivity index (χ0n) is 12.2. The number of nitrogens with one attached hydrogen (secondary N) is 1. The number of methoxy groups -OCH3 is 1. The Hall–Kier alpha value is -1.36. The van der Waals surface area contributed by atoms with Crippen molar-refractivity contribution in [2.75, 3.05) is 13.7 Å². The molecule has 2 rings (SSSR count). The van der Waals surface area contributed by atoms with E-state index in [-0.39, 0.29) is 11.9 Å². The molecule has 0 bridgehead atoms. The summed E-state index contributed by atoms with van der Waals surface area (Å²) < 4.78 is 25.0. The first kappa shape index (κ1) is 16.0. The predicted molar refractivity (Wildman–Crippen MR) is 81.0 cm³/mol. The first-order chi connectivity index (χ1) is 10.2. The van der Waals surface area contributed by atoms with Crippen LogP contribution in [0.15, 0.2) is 34.7 Å². The van der Waals surface area contributed by atoms with Crippen LogP contribution in [-0.4, -0.2) is 13.7 Å². The normalized spacial score (nSPS) is 12.6. The SMILES string of the molecule is CCCNC(c1ccc(COC)o1)c1ccc(Cl)cc1F. The minimum absolute atomic E-state index is 0.340. The second-order valence-corrected chi connectivity index (χ2v) is 5.23. The highest BCUT2D eigenvalue weighted by Gasteiger charge is 2.21. The van der Waals surface area contributed by atoms with Gasteiger partial charge in [-0.3, -0.25) is 0 Å². The van der Waals surface area contributed by atoms with E-state index in [4.69, 9.17) is 20.8 Å². The van der Waals surface area contributed by atoms with Crippen molar-refractivity contribution in [1.82, 2.24) is 5.32 Å². The van der Waals surface area contributed by atoms with Crippen LogP contribution in [0.5, 0.6) is 0 Å². The molecule has 1 aromatic carbocycles. The standard InChI is InChI=1S/C16H19ClFNO2/c1-3-8-19-16(13-6-4-11(17)9-14(13)18)15-7-5-12(21-15)10-20-2/h4-7,9,16,19H,3,8,10H2,1-2H3. The number of benzene rings is 1. The van der Waals surface area contributed by atoms with E-state index < -0.39 is 0 Å². The van der Waals surface area contributed by atoms with Crippen LogP contribution >= 0.6 is 11.6 Å². The van der Waals surface area contributed by atoms with E-state index in [0.29, 0.717) is 28.7 Å². The number of furan rings is 1. The van der Waals surface area contributed by atoms with Gasteiger partial charge in [-0.25, -0.2) is 4.39 Å². The molecule has 1 unspecified atom stereocenters. The molecule has 1 heterocycles. The maximum Gasteiger partial charge on any atom is 0.129 e. The van der Waals surface area contributed by atoms with Crippen molar-refractivity contribution in [3.05, 3.63) is 58.3 Å². The third-order valence-corrected chi connectivity index (χ3v) is 3.36.